The third-order valence-corrected chi connectivity index (χ3v) is 3.66. The van der Waals surface area contributed by atoms with Crippen LogP contribution in [-0.2, 0) is 0 Å². The summed E-state index contributed by atoms with van der Waals surface area (Å²) in [5, 5.41) is 3.86. The maximum Gasteiger partial charge on any atom is 0.230 e. The highest BCUT2D eigenvalue weighted by Crippen LogP contribution is 2.38. The van der Waals surface area contributed by atoms with Crippen molar-refractivity contribution in [3.63, 3.8) is 0 Å². The number of hydrogen-bond donors (Lipinski definition) is 1. The van der Waals surface area contributed by atoms with E-state index in [-0.39, 0.29) is 15.9 Å². The fourth-order valence-electron chi connectivity index (χ4n) is 2.07. The summed E-state index contributed by atoms with van der Waals surface area (Å²) < 4.78 is 32.6. The minimum atomic E-state index is -0.435. The highest BCUT2D eigenvalue weighted by atomic mass is 79.9. The molecule has 6 heteroatoms. The Labute approximate surface area is 127 Å². The van der Waals surface area contributed by atoms with Gasteiger partial charge in [-0.25, -0.2) is 8.78 Å². The first-order valence-electron chi connectivity index (χ1n) is 6.03. The van der Waals surface area contributed by atoms with Crippen LogP contribution in [0, 0.1) is 11.6 Å². The van der Waals surface area contributed by atoms with Crippen LogP contribution >= 0.6 is 15.9 Å². The van der Waals surface area contributed by atoms with E-state index in [2.05, 4.69) is 21.1 Å². The minimum absolute atomic E-state index is 0.00977. The van der Waals surface area contributed by atoms with Crippen LogP contribution < -0.4 is 5.73 Å². The number of hydrogen-bond acceptors (Lipinski definition) is 3. The number of aromatic nitrogens is 1. The van der Waals surface area contributed by atoms with Crippen LogP contribution in [0.5, 0.6) is 0 Å². The van der Waals surface area contributed by atoms with Gasteiger partial charge in [0.25, 0.3) is 0 Å². The van der Waals surface area contributed by atoms with E-state index >= 15 is 0 Å². The lowest BCUT2D eigenvalue weighted by Gasteiger charge is -2.05. The van der Waals surface area contributed by atoms with E-state index in [0.717, 1.165) is 0 Å². The normalized spacial score (nSPS) is 10.8. The number of nitrogens with two attached hydrogens (primary N) is 1. The van der Waals surface area contributed by atoms with E-state index < -0.39 is 11.6 Å². The Balaban J connectivity index is 2.22. The average molecular weight is 351 g/mol. The van der Waals surface area contributed by atoms with Crippen LogP contribution in [0.15, 0.2) is 51.5 Å². The number of halogens is 3. The summed E-state index contributed by atoms with van der Waals surface area (Å²) in [5.74, 6) is -0.826. The highest BCUT2D eigenvalue weighted by Gasteiger charge is 2.20. The van der Waals surface area contributed by atoms with E-state index in [4.69, 9.17) is 10.3 Å². The Kier molecular flexibility index (Phi) is 3.47. The first-order chi connectivity index (χ1) is 10.1. The van der Waals surface area contributed by atoms with Crippen LogP contribution in [0.3, 0.4) is 0 Å². The number of nitrogen functional groups attached to an aromatic ring is 1. The molecule has 1 heterocycles. The molecule has 0 saturated carbocycles. The molecule has 2 aromatic carbocycles. The fraction of sp³-hybridized carbons (Fsp3) is 0. The van der Waals surface area contributed by atoms with Gasteiger partial charge in [0.05, 0.1) is 10.0 Å². The van der Waals surface area contributed by atoms with E-state index in [1.807, 2.05) is 0 Å². The lowest BCUT2D eigenvalue weighted by atomic mass is 10.0. The quantitative estimate of drug-likeness (QED) is 0.732. The highest BCUT2D eigenvalue weighted by molar-refractivity contribution is 9.10. The van der Waals surface area contributed by atoms with Crippen molar-refractivity contribution in [1.29, 1.82) is 0 Å². The summed E-state index contributed by atoms with van der Waals surface area (Å²) in [6, 6.07) is 10.5. The summed E-state index contributed by atoms with van der Waals surface area (Å²) >= 11 is 3.11. The predicted molar refractivity (Wildman–Crippen MR) is 79.4 cm³/mol. The lowest BCUT2D eigenvalue weighted by Crippen LogP contribution is -1.91. The smallest absolute Gasteiger partial charge is 0.230 e. The van der Waals surface area contributed by atoms with Crippen LogP contribution in [-0.4, -0.2) is 5.16 Å². The van der Waals surface area contributed by atoms with Crippen molar-refractivity contribution in [3.8, 4) is 22.4 Å². The summed E-state index contributed by atoms with van der Waals surface area (Å²) in [6.45, 7) is 0. The van der Waals surface area contributed by atoms with Gasteiger partial charge in [-0.05, 0) is 40.2 Å². The summed E-state index contributed by atoms with van der Waals surface area (Å²) in [5.41, 5.74) is 7.33. The fourth-order valence-corrected chi connectivity index (χ4v) is 2.45. The van der Waals surface area contributed by atoms with E-state index in [1.165, 1.54) is 24.3 Å². The molecule has 0 unspecified atom stereocenters. The van der Waals surface area contributed by atoms with E-state index in [1.54, 1.807) is 18.2 Å². The maximum absolute atomic E-state index is 14.0. The van der Waals surface area contributed by atoms with Gasteiger partial charge in [0, 0.05) is 11.1 Å². The molecule has 0 aliphatic heterocycles. The lowest BCUT2D eigenvalue weighted by molar-refractivity contribution is 0.439. The second-order valence-corrected chi connectivity index (χ2v) is 5.23. The largest absolute Gasteiger partial charge is 0.367 e. The molecular weight excluding hydrogens is 342 g/mol. The number of rotatable bonds is 2. The molecule has 2 N–H and O–H groups in total. The Hall–Kier alpha value is -2.21. The van der Waals surface area contributed by atoms with Crippen molar-refractivity contribution in [2.75, 3.05) is 5.73 Å². The van der Waals surface area contributed by atoms with Gasteiger partial charge in [-0.3, -0.25) is 0 Å². The number of benzene rings is 2. The van der Waals surface area contributed by atoms with E-state index in [9.17, 15) is 8.78 Å². The molecule has 1 aromatic heterocycles. The SMILES string of the molecule is Nc1onc(-c2ccc(F)c(Br)c2)c1-c1ccccc1F. The molecule has 3 aromatic rings. The summed E-state index contributed by atoms with van der Waals surface area (Å²) in [4.78, 5) is 0. The topological polar surface area (TPSA) is 52.0 Å². The second kappa shape index (κ2) is 5.29. The van der Waals surface area contributed by atoms with Gasteiger partial charge in [0.15, 0.2) is 0 Å². The first-order valence-corrected chi connectivity index (χ1v) is 6.82. The van der Waals surface area contributed by atoms with Crippen LogP contribution in [0.25, 0.3) is 22.4 Å². The molecule has 21 heavy (non-hydrogen) atoms. The van der Waals surface area contributed by atoms with Gasteiger partial charge in [-0.15, -0.1) is 0 Å². The van der Waals surface area contributed by atoms with Crippen molar-refractivity contribution < 1.29 is 13.3 Å². The number of nitrogens with zero attached hydrogens (tertiary/aromatic N) is 1. The molecule has 0 atom stereocenters. The minimum Gasteiger partial charge on any atom is -0.367 e. The molecule has 0 aliphatic carbocycles. The van der Waals surface area contributed by atoms with Gasteiger partial charge in [-0.2, -0.15) is 0 Å². The molecule has 0 spiro atoms. The zero-order valence-corrected chi connectivity index (χ0v) is 12.2. The Morgan fingerprint density at radius 2 is 1.81 bits per heavy atom. The monoisotopic (exact) mass is 350 g/mol. The summed E-state index contributed by atoms with van der Waals surface area (Å²) in [6.07, 6.45) is 0. The standard InChI is InChI=1S/C15H9BrF2N2O/c16-10-7-8(5-6-12(10)18)14-13(15(19)21-20-14)9-3-1-2-4-11(9)17/h1-7H,19H2. The third kappa shape index (κ3) is 2.42. The Morgan fingerprint density at radius 3 is 2.52 bits per heavy atom. The molecule has 0 saturated heterocycles. The van der Waals surface area contributed by atoms with Crippen molar-refractivity contribution in [2.24, 2.45) is 0 Å². The Morgan fingerprint density at radius 1 is 1.05 bits per heavy atom. The zero-order chi connectivity index (χ0) is 15.0. The molecule has 3 nitrogen and oxygen atoms in total. The second-order valence-electron chi connectivity index (χ2n) is 4.38. The summed E-state index contributed by atoms with van der Waals surface area (Å²) in [7, 11) is 0. The molecular formula is C15H9BrF2N2O. The van der Waals surface area contributed by atoms with Crippen LogP contribution in [0.4, 0.5) is 14.7 Å². The Bertz CT molecular complexity index is 817. The predicted octanol–water partition coefficient (Wildman–Crippen LogP) is 4.63. The maximum atomic E-state index is 14.0. The van der Waals surface area contributed by atoms with Crippen LogP contribution in [0.2, 0.25) is 0 Å². The van der Waals surface area contributed by atoms with Gasteiger partial charge in [0.2, 0.25) is 5.88 Å². The molecule has 106 valence electrons. The average Bonchev–Trinajstić information content (AvgIpc) is 2.84. The van der Waals surface area contributed by atoms with E-state index in [0.29, 0.717) is 16.8 Å². The number of anilines is 1. The van der Waals surface area contributed by atoms with Gasteiger partial charge in [-0.1, -0.05) is 23.4 Å². The van der Waals surface area contributed by atoms with Gasteiger partial charge < -0.3 is 10.3 Å². The first kappa shape index (κ1) is 13.8. The molecule has 0 bridgehead atoms. The molecule has 0 amide bonds. The molecule has 0 radical (unpaired) electrons. The van der Waals surface area contributed by atoms with Crippen molar-refractivity contribution in [3.05, 3.63) is 58.6 Å². The van der Waals surface area contributed by atoms with Crippen LogP contribution in [0.1, 0.15) is 0 Å². The molecule has 0 fully saturated rings. The van der Waals surface area contributed by atoms with Crippen molar-refractivity contribution in [2.45, 2.75) is 0 Å². The van der Waals surface area contributed by atoms with Gasteiger partial charge in [0.1, 0.15) is 17.3 Å². The van der Waals surface area contributed by atoms with Crippen molar-refractivity contribution >= 4 is 21.8 Å². The zero-order valence-electron chi connectivity index (χ0n) is 10.6. The molecule has 3 rings (SSSR count). The third-order valence-electron chi connectivity index (χ3n) is 3.05. The van der Waals surface area contributed by atoms with Crippen molar-refractivity contribution in [1.82, 2.24) is 5.16 Å². The van der Waals surface area contributed by atoms with Gasteiger partial charge >= 0.3 is 0 Å². The molecule has 0 aliphatic rings.